The maximum Gasteiger partial charge on any atom is 0.191 e. The Morgan fingerprint density at radius 3 is 2.85 bits per heavy atom. The van der Waals surface area contributed by atoms with Crippen LogP contribution in [-0.2, 0) is 16.0 Å². The predicted octanol–water partition coefficient (Wildman–Crippen LogP) is 2.29. The summed E-state index contributed by atoms with van der Waals surface area (Å²) in [6, 6.07) is 5.42. The quantitative estimate of drug-likeness (QED) is 0.329. The second-order valence-electron chi connectivity index (χ2n) is 6.57. The third-order valence-electron chi connectivity index (χ3n) is 4.51. The van der Waals surface area contributed by atoms with E-state index in [0.717, 1.165) is 70.3 Å². The Morgan fingerprint density at radius 1 is 1.30 bits per heavy atom. The largest absolute Gasteiger partial charge is 0.504 e. The summed E-state index contributed by atoms with van der Waals surface area (Å²) >= 11 is 0. The van der Waals surface area contributed by atoms with Crippen LogP contribution in [0.2, 0.25) is 0 Å². The highest BCUT2D eigenvalue weighted by atomic mass is 16.5. The smallest absolute Gasteiger partial charge is 0.191 e. The summed E-state index contributed by atoms with van der Waals surface area (Å²) in [5, 5.41) is 16.7. The van der Waals surface area contributed by atoms with Crippen LogP contribution < -0.4 is 15.4 Å². The Bertz CT molecular complexity index is 574. The topological polar surface area (TPSA) is 84.3 Å². The molecule has 0 unspecified atom stereocenters. The van der Waals surface area contributed by atoms with E-state index in [1.807, 2.05) is 19.1 Å². The van der Waals surface area contributed by atoms with Gasteiger partial charge < -0.3 is 30.0 Å². The van der Waals surface area contributed by atoms with Crippen LogP contribution >= 0.6 is 0 Å². The van der Waals surface area contributed by atoms with Crippen molar-refractivity contribution in [2.75, 3.05) is 46.6 Å². The van der Waals surface area contributed by atoms with Crippen molar-refractivity contribution in [1.29, 1.82) is 0 Å². The molecule has 0 aromatic heterocycles. The number of rotatable bonds is 10. The summed E-state index contributed by atoms with van der Waals surface area (Å²) in [6.45, 7) is 7.24. The monoisotopic (exact) mass is 379 g/mol. The first-order valence-corrected chi connectivity index (χ1v) is 9.77. The van der Waals surface area contributed by atoms with Gasteiger partial charge in [-0.05, 0) is 38.2 Å². The maximum absolute atomic E-state index is 10.2. The molecular formula is C20H33N3O4. The zero-order valence-electron chi connectivity index (χ0n) is 16.5. The van der Waals surface area contributed by atoms with E-state index in [1.54, 1.807) is 6.07 Å². The predicted molar refractivity (Wildman–Crippen MR) is 106 cm³/mol. The summed E-state index contributed by atoms with van der Waals surface area (Å²) in [5.41, 5.74) is 0.728. The van der Waals surface area contributed by atoms with Gasteiger partial charge >= 0.3 is 0 Å². The fraction of sp³-hybridized carbons (Fsp3) is 0.650. The van der Waals surface area contributed by atoms with Crippen molar-refractivity contribution in [2.45, 2.75) is 32.7 Å². The Kier molecular flexibility index (Phi) is 9.79. The summed E-state index contributed by atoms with van der Waals surface area (Å²) in [4.78, 5) is 4.54. The van der Waals surface area contributed by atoms with Gasteiger partial charge in [-0.3, -0.25) is 0 Å². The van der Waals surface area contributed by atoms with Crippen LogP contribution in [0.3, 0.4) is 0 Å². The second-order valence-corrected chi connectivity index (χ2v) is 6.57. The van der Waals surface area contributed by atoms with Gasteiger partial charge in [-0.15, -0.1) is 0 Å². The molecule has 0 radical (unpaired) electrons. The molecule has 27 heavy (non-hydrogen) atoms. The Balaban J connectivity index is 1.70. The summed E-state index contributed by atoms with van der Waals surface area (Å²) in [5.74, 6) is 1.97. The first-order valence-electron chi connectivity index (χ1n) is 9.77. The van der Waals surface area contributed by atoms with Crippen LogP contribution in [0.4, 0.5) is 0 Å². The van der Waals surface area contributed by atoms with Gasteiger partial charge in [0.05, 0.1) is 13.7 Å². The Hall–Kier alpha value is -1.99. The molecule has 0 aliphatic carbocycles. The van der Waals surface area contributed by atoms with Gasteiger partial charge in [0, 0.05) is 45.1 Å². The first-order chi connectivity index (χ1) is 13.2. The normalized spacial score (nSPS) is 15.6. The molecule has 7 heteroatoms. The van der Waals surface area contributed by atoms with E-state index in [0.29, 0.717) is 18.2 Å². The molecule has 1 aliphatic heterocycles. The molecule has 0 bridgehead atoms. The number of ether oxygens (including phenoxy) is 3. The van der Waals surface area contributed by atoms with Crippen LogP contribution in [0.25, 0.3) is 0 Å². The van der Waals surface area contributed by atoms with Crippen LogP contribution in [0.15, 0.2) is 23.2 Å². The number of phenols is 1. The molecule has 7 nitrogen and oxygen atoms in total. The summed E-state index contributed by atoms with van der Waals surface area (Å²) in [6.07, 6.45) is 3.12. The van der Waals surface area contributed by atoms with E-state index < -0.39 is 0 Å². The zero-order chi connectivity index (χ0) is 19.3. The highest BCUT2D eigenvalue weighted by Crippen LogP contribution is 2.29. The van der Waals surface area contributed by atoms with Gasteiger partial charge in [-0.25, -0.2) is 4.99 Å². The number of hydrogen-bond donors (Lipinski definition) is 3. The molecule has 0 spiro atoms. The van der Waals surface area contributed by atoms with Crippen molar-refractivity contribution in [1.82, 2.24) is 10.6 Å². The van der Waals surface area contributed by atoms with E-state index in [-0.39, 0.29) is 5.75 Å². The number of para-hydroxylation sites is 1. The molecule has 0 atom stereocenters. The Morgan fingerprint density at radius 2 is 2.11 bits per heavy atom. The fourth-order valence-electron chi connectivity index (χ4n) is 2.91. The highest BCUT2D eigenvalue weighted by Gasteiger charge is 2.13. The van der Waals surface area contributed by atoms with Gasteiger partial charge in [0.15, 0.2) is 17.5 Å². The summed E-state index contributed by atoms with van der Waals surface area (Å²) in [7, 11) is 1.54. The SMILES string of the molecule is CCNC(=NCc1cccc(OC)c1O)NCCCOCC1CCOCC1. The molecule has 1 heterocycles. The van der Waals surface area contributed by atoms with Crippen molar-refractivity contribution in [3.63, 3.8) is 0 Å². The maximum atomic E-state index is 10.2. The van der Waals surface area contributed by atoms with Gasteiger partial charge in [0.1, 0.15) is 0 Å². The minimum absolute atomic E-state index is 0.140. The Labute approximate surface area is 162 Å². The lowest BCUT2D eigenvalue weighted by Crippen LogP contribution is -2.38. The van der Waals surface area contributed by atoms with Gasteiger partial charge in [0.25, 0.3) is 0 Å². The number of benzene rings is 1. The second kappa shape index (κ2) is 12.4. The lowest BCUT2D eigenvalue weighted by atomic mass is 10.0. The molecule has 1 aromatic rings. The van der Waals surface area contributed by atoms with Crippen LogP contribution in [0.1, 0.15) is 31.7 Å². The molecule has 152 valence electrons. The molecule has 1 saturated heterocycles. The van der Waals surface area contributed by atoms with Gasteiger partial charge in [0.2, 0.25) is 0 Å². The molecule has 1 fully saturated rings. The van der Waals surface area contributed by atoms with Crippen molar-refractivity contribution in [2.24, 2.45) is 10.9 Å². The lowest BCUT2D eigenvalue weighted by Gasteiger charge is -2.21. The van der Waals surface area contributed by atoms with Crippen LogP contribution in [0.5, 0.6) is 11.5 Å². The van der Waals surface area contributed by atoms with E-state index in [9.17, 15) is 5.11 Å². The summed E-state index contributed by atoms with van der Waals surface area (Å²) < 4.78 is 16.3. The van der Waals surface area contributed by atoms with Crippen molar-refractivity contribution >= 4 is 5.96 Å². The standard InChI is InChI=1S/C20H33N3O4/c1-3-21-20(23-14-17-6-4-7-18(25-2)19(17)24)22-10-5-11-27-15-16-8-12-26-13-9-16/h4,6-7,16,24H,3,5,8-15H2,1-2H3,(H2,21,22,23). The number of guanidine groups is 1. The van der Waals surface area contributed by atoms with Crippen LogP contribution in [-0.4, -0.2) is 57.7 Å². The number of aromatic hydroxyl groups is 1. The van der Waals surface area contributed by atoms with Gasteiger partial charge in [-0.2, -0.15) is 0 Å². The first kappa shape index (κ1) is 21.3. The third-order valence-corrected chi connectivity index (χ3v) is 4.51. The van der Waals surface area contributed by atoms with Crippen molar-refractivity contribution in [3.8, 4) is 11.5 Å². The number of aliphatic imine (C=N–C) groups is 1. The number of methoxy groups -OCH3 is 1. The third kappa shape index (κ3) is 7.64. The van der Waals surface area contributed by atoms with Crippen molar-refractivity contribution in [3.05, 3.63) is 23.8 Å². The molecule has 2 rings (SSSR count). The molecule has 0 saturated carbocycles. The molecular weight excluding hydrogens is 346 g/mol. The average Bonchev–Trinajstić information content (AvgIpc) is 2.70. The average molecular weight is 380 g/mol. The van der Waals surface area contributed by atoms with Crippen molar-refractivity contribution < 1.29 is 19.3 Å². The highest BCUT2D eigenvalue weighted by molar-refractivity contribution is 5.79. The minimum Gasteiger partial charge on any atom is -0.504 e. The number of nitrogens with one attached hydrogen (secondary N) is 2. The number of nitrogens with zero attached hydrogens (tertiary/aromatic N) is 1. The van der Waals surface area contributed by atoms with Crippen LogP contribution in [0, 0.1) is 5.92 Å². The zero-order valence-corrected chi connectivity index (χ0v) is 16.5. The van der Waals surface area contributed by atoms with Gasteiger partial charge in [-0.1, -0.05) is 12.1 Å². The van der Waals surface area contributed by atoms with E-state index >= 15 is 0 Å². The number of hydrogen-bond acceptors (Lipinski definition) is 5. The molecule has 1 aliphatic rings. The molecule has 0 amide bonds. The van der Waals surface area contributed by atoms with E-state index in [4.69, 9.17) is 14.2 Å². The lowest BCUT2D eigenvalue weighted by molar-refractivity contribution is 0.0203. The van der Waals surface area contributed by atoms with E-state index in [2.05, 4.69) is 15.6 Å². The number of phenolic OH excluding ortho intramolecular Hbond substituents is 1. The minimum atomic E-state index is 0.140. The fourth-order valence-corrected chi connectivity index (χ4v) is 2.91. The molecule has 3 N–H and O–H groups in total. The molecule has 1 aromatic carbocycles. The van der Waals surface area contributed by atoms with E-state index in [1.165, 1.54) is 7.11 Å².